The molecule has 6 heteroatoms. The number of benzene rings is 1. The van der Waals surface area contributed by atoms with E-state index in [-0.39, 0.29) is 11.3 Å². The van der Waals surface area contributed by atoms with Gasteiger partial charge < -0.3 is 20.6 Å². The van der Waals surface area contributed by atoms with E-state index in [2.05, 4.69) is 5.32 Å². The zero-order valence-corrected chi connectivity index (χ0v) is 10.0. The maximum Gasteiger partial charge on any atom is 0.328 e. The second kappa shape index (κ2) is 5.50. The Morgan fingerprint density at radius 3 is 2.44 bits per heavy atom. The van der Waals surface area contributed by atoms with Crippen molar-refractivity contribution < 1.29 is 24.9 Å². The number of nitrogens with one attached hydrogen (secondary N) is 1. The number of hydrogen-bond donors (Lipinski definition) is 4. The number of rotatable bonds is 4. The van der Waals surface area contributed by atoms with Crippen LogP contribution in [0.2, 0.25) is 0 Å². The van der Waals surface area contributed by atoms with Crippen LogP contribution in [0.4, 0.5) is 0 Å². The highest BCUT2D eigenvalue weighted by molar-refractivity contribution is 5.99. The zero-order chi connectivity index (χ0) is 13.9. The molecule has 0 saturated heterocycles. The van der Waals surface area contributed by atoms with Gasteiger partial charge in [0, 0.05) is 0 Å². The van der Waals surface area contributed by atoms with Crippen molar-refractivity contribution in [2.24, 2.45) is 0 Å². The van der Waals surface area contributed by atoms with Crippen molar-refractivity contribution in [2.45, 2.75) is 26.0 Å². The summed E-state index contributed by atoms with van der Waals surface area (Å²) in [6.07, 6.45) is -1.24. The highest BCUT2D eigenvalue weighted by Gasteiger charge is 2.26. The lowest BCUT2D eigenvalue weighted by Gasteiger charge is -2.17. The Labute approximate surface area is 104 Å². The third kappa shape index (κ3) is 3.21. The molecule has 0 spiro atoms. The SMILES string of the molecule is Cc1ccc(O)c(C(=O)N[C@H](C(=O)O)[C@@H](C)O)c1. The van der Waals surface area contributed by atoms with Crippen molar-refractivity contribution in [1.82, 2.24) is 5.32 Å². The van der Waals surface area contributed by atoms with Gasteiger partial charge in [0.2, 0.25) is 0 Å². The van der Waals surface area contributed by atoms with E-state index in [1.807, 2.05) is 0 Å². The third-order valence-electron chi connectivity index (χ3n) is 2.43. The molecule has 0 saturated carbocycles. The Morgan fingerprint density at radius 1 is 1.33 bits per heavy atom. The standard InChI is InChI=1S/C12H15NO5/c1-6-3-4-9(15)8(5-6)11(16)13-10(7(2)14)12(17)18/h3-5,7,10,14-15H,1-2H3,(H,13,16)(H,17,18)/t7-,10+/m1/s1. The fourth-order valence-corrected chi connectivity index (χ4v) is 1.44. The van der Waals surface area contributed by atoms with Crippen LogP contribution in [-0.2, 0) is 4.79 Å². The minimum absolute atomic E-state index is 0.0260. The number of aliphatic hydroxyl groups excluding tert-OH is 1. The number of carboxylic acids is 1. The molecule has 2 atom stereocenters. The number of aliphatic hydroxyl groups is 1. The monoisotopic (exact) mass is 253 g/mol. The number of aliphatic carboxylic acids is 1. The van der Waals surface area contributed by atoms with E-state index in [1.54, 1.807) is 13.0 Å². The number of aryl methyl sites for hydroxylation is 1. The highest BCUT2D eigenvalue weighted by Crippen LogP contribution is 2.18. The summed E-state index contributed by atoms with van der Waals surface area (Å²) in [7, 11) is 0. The molecule has 0 aliphatic carbocycles. The lowest BCUT2D eigenvalue weighted by atomic mass is 10.1. The number of carboxylic acid groups (broad SMARTS) is 1. The molecule has 0 fully saturated rings. The van der Waals surface area contributed by atoms with E-state index in [0.717, 1.165) is 5.56 Å². The third-order valence-corrected chi connectivity index (χ3v) is 2.43. The van der Waals surface area contributed by atoms with Crippen molar-refractivity contribution in [1.29, 1.82) is 0 Å². The van der Waals surface area contributed by atoms with Gasteiger partial charge in [0.25, 0.3) is 5.91 Å². The summed E-state index contributed by atoms with van der Waals surface area (Å²) in [6, 6.07) is 2.99. The molecule has 1 amide bonds. The summed E-state index contributed by atoms with van der Waals surface area (Å²) in [6.45, 7) is 2.99. The fourth-order valence-electron chi connectivity index (χ4n) is 1.44. The van der Waals surface area contributed by atoms with Gasteiger partial charge in [-0.3, -0.25) is 4.79 Å². The number of carbonyl (C=O) groups is 2. The molecule has 0 heterocycles. The normalized spacial score (nSPS) is 13.7. The van der Waals surface area contributed by atoms with E-state index in [9.17, 15) is 19.8 Å². The van der Waals surface area contributed by atoms with Crippen LogP contribution in [0, 0.1) is 6.92 Å². The number of amides is 1. The molecule has 0 aromatic heterocycles. The summed E-state index contributed by atoms with van der Waals surface area (Å²) < 4.78 is 0. The number of carbonyl (C=O) groups excluding carboxylic acids is 1. The Morgan fingerprint density at radius 2 is 1.94 bits per heavy atom. The number of hydrogen-bond acceptors (Lipinski definition) is 4. The molecule has 0 aliphatic heterocycles. The van der Waals surface area contributed by atoms with Crippen molar-refractivity contribution in [3.63, 3.8) is 0 Å². The first kappa shape index (κ1) is 14.0. The zero-order valence-electron chi connectivity index (χ0n) is 10.0. The van der Waals surface area contributed by atoms with Gasteiger partial charge in [-0.2, -0.15) is 0 Å². The Hall–Kier alpha value is -2.08. The van der Waals surface area contributed by atoms with Crippen LogP contribution in [0.25, 0.3) is 0 Å². The second-order valence-electron chi connectivity index (χ2n) is 4.05. The topological polar surface area (TPSA) is 107 Å². The molecule has 98 valence electrons. The first-order valence-electron chi connectivity index (χ1n) is 5.34. The summed E-state index contributed by atoms with van der Waals surface area (Å²) in [5, 5.41) is 29.7. The predicted molar refractivity (Wildman–Crippen MR) is 63.4 cm³/mol. The average molecular weight is 253 g/mol. The number of phenols is 1. The molecular formula is C12H15NO5. The molecule has 0 bridgehead atoms. The minimum atomic E-state index is -1.42. The maximum atomic E-state index is 11.8. The number of phenolic OH excluding ortho intramolecular Hbond substituents is 1. The van der Waals surface area contributed by atoms with Crippen LogP contribution in [-0.4, -0.2) is 39.3 Å². The number of aromatic hydroxyl groups is 1. The van der Waals surface area contributed by atoms with Crippen LogP contribution >= 0.6 is 0 Å². The van der Waals surface area contributed by atoms with Gasteiger partial charge in [0.1, 0.15) is 5.75 Å². The van der Waals surface area contributed by atoms with Crippen LogP contribution < -0.4 is 5.32 Å². The van der Waals surface area contributed by atoms with Gasteiger partial charge in [-0.1, -0.05) is 11.6 Å². The lowest BCUT2D eigenvalue weighted by Crippen LogP contribution is -2.47. The quantitative estimate of drug-likeness (QED) is 0.616. The van der Waals surface area contributed by atoms with Crippen molar-refractivity contribution in [3.8, 4) is 5.75 Å². The summed E-state index contributed by atoms with van der Waals surface area (Å²) in [4.78, 5) is 22.6. The highest BCUT2D eigenvalue weighted by atomic mass is 16.4. The molecule has 6 nitrogen and oxygen atoms in total. The fraction of sp³-hybridized carbons (Fsp3) is 0.333. The average Bonchev–Trinajstić information content (AvgIpc) is 2.28. The lowest BCUT2D eigenvalue weighted by molar-refractivity contribution is -0.141. The molecule has 1 aromatic rings. The Kier molecular flexibility index (Phi) is 4.28. The van der Waals surface area contributed by atoms with Gasteiger partial charge in [-0.15, -0.1) is 0 Å². The molecule has 1 rings (SSSR count). The van der Waals surface area contributed by atoms with Crippen LogP contribution in [0.1, 0.15) is 22.8 Å². The predicted octanol–water partition coefficient (Wildman–Crippen LogP) is 0.264. The van der Waals surface area contributed by atoms with E-state index in [0.29, 0.717) is 0 Å². The van der Waals surface area contributed by atoms with E-state index >= 15 is 0 Å². The molecule has 0 aliphatic rings. The van der Waals surface area contributed by atoms with Gasteiger partial charge in [0.05, 0.1) is 11.7 Å². The molecule has 18 heavy (non-hydrogen) atoms. The van der Waals surface area contributed by atoms with Crippen LogP contribution in [0.3, 0.4) is 0 Å². The van der Waals surface area contributed by atoms with E-state index < -0.39 is 24.0 Å². The van der Waals surface area contributed by atoms with Crippen molar-refractivity contribution in [3.05, 3.63) is 29.3 Å². The minimum Gasteiger partial charge on any atom is -0.507 e. The Balaban J connectivity index is 2.94. The maximum absolute atomic E-state index is 11.8. The van der Waals surface area contributed by atoms with Crippen LogP contribution in [0.5, 0.6) is 5.75 Å². The van der Waals surface area contributed by atoms with Gasteiger partial charge in [-0.25, -0.2) is 4.79 Å². The molecule has 0 unspecified atom stereocenters. The molecular weight excluding hydrogens is 238 g/mol. The first-order valence-corrected chi connectivity index (χ1v) is 5.34. The first-order chi connectivity index (χ1) is 8.32. The summed E-state index contributed by atoms with van der Waals surface area (Å²) in [5.74, 6) is -2.33. The van der Waals surface area contributed by atoms with E-state index in [4.69, 9.17) is 5.11 Å². The van der Waals surface area contributed by atoms with Crippen molar-refractivity contribution in [2.75, 3.05) is 0 Å². The summed E-state index contributed by atoms with van der Waals surface area (Å²) >= 11 is 0. The van der Waals surface area contributed by atoms with Gasteiger partial charge >= 0.3 is 5.97 Å². The Bertz CT molecular complexity index is 470. The van der Waals surface area contributed by atoms with Crippen LogP contribution in [0.15, 0.2) is 18.2 Å². The second-order valence-corrected chi connectivity index (χ2v) is 4.05. The van der Waals surface area contributed by atoms with E-state index in [1.165, 1.54) is 19.1 Å². The smallest absolute Gasteiger partial charge is 0.328 e. The molecule has 1 aromatic carbocycles. The molecule has 4 N–H and O–H groups in total. The summed E-state index contributed by atoms with van der Waals surface area (Å²) in [5.41, 5.74) is 0.726. The van der Waals surface area contributed by atoms with Gasteiger partial charge in [0.15, 0.2) is 6.04 Å². The van der Waals surface area contributed by atoms with Crippen molar-refractivity contribution >= 4 is 11.9 Å². The molecule has 0 radical (unpaired) electrons. The van der Waals surface area contributed by atoms with Gasteiger partial charge in [-0.05, 0) is 26.0 Å². The largest absolute Gasteiger partial charge is 0.507 e.